The van der Waals surface area contributed by atoms with E-state index in [-0.39, 0.29) is 17.0 Å². The van der Waals surface area contributed by atoms with Gasteiger partial charge in [0.05, 0.1) is 11.1 Å². The van der Waals surface area contributed by atoms with Crippen LogP contribution in [0.4, 0.5) is 18.9 Å². The third kappa shape index (κ3) is 7.49. The zero-order valence-electron chi connectivity index (χ0n) is 19.4. The van der Waals surface area contributed by atoms with Crippen molar-refractivity contribution in [3.05, 3.63) is 118 Å². The van der Waals surface area contributed by atoms with Gasteiger partial charge in [0.25, 0.3) is 5.91 Å². The lowest BCUT2D eigenvalue weighted by Gasteiger charge is -2.14. The number of nitrogens with one attached hydrogen (secondary N) is 2. The predicted molar refractivity (Wildman–Crippen MR) is 131 cm³/mol. The Balaban J connectivity index is 0.000000383. The number of halogens is 3. The van der Waals surface area contributed by atoms with E-state index in [0.29, 0.717) is 17.6 Å². The number of benzene rings is 3. The molecule has 1 heterocycles. The minimum atomic E-state index is -4.62. The zero-order valence-corrected chi connectivity index (χ0v) is 19.4. The normalized spacial score (nSPS) is 10.7. The van der Waals surface area contributed by atoms with E-state index in [1.54, 1.807) is 36.4 Å². The largest absolute Gasteiger partial charge is 0.508 e. The Morgan fingerprint density at radius 2 is 1.50 bits per heavy atom. The number of carbonyl (C=O) groups is 1. The standard InChI is InChI=1S/C20H15F3N2O3.C7H8O/c1-12-2-5-15(6-3-12)28-17-7-4-13(20(21,22)23)10-16(17)19(27)25-14-8-9-24-18(26)11-14;1-6-2-4-7(8)5-3-6/h2-11H,1H3,(H2,24,25,26,27);2-5,8H,1H3. The van der Waals surface area contributed by atoms with Crippen molar-refractivity contribution >= 4 is 11.6 Å². The second kappa shape index (κ2) is 11.3. The number of alkyl halides is 3. The number of aryl methyl sites for hydroxylation is 2. The molecular formula is C27H23F3N2O4. The number of phenolic OH excluding ortho intramolecular Hbond substituents is 1. The van der Waals surface area contributed by atoms with Crippen molar-refractivity contribution < 1.29 is 27.8 Å². The molecule has 4 aromatic rings. The van der Waals surface area contributed by atoms with E-state index in [1.807, 2.05) is 26.0 Å². The van der Waals surface area contributed by atoms with Crippen LogP contribution in [0.3, 0.4) is 0 Å². The Morgan fingerprint density at radius 1 is 0.889 bits per heavy atom. The Kier molecular flexibility index (Phi) is 8.16. The summed E-state index contributed by atoms with van der Waals surface area (Å²) >= 11 is 0. The molecule has 0 aliphatic carbocycles. The smallest absolute Gasteiger partial charge is 0.416 e. The lowest BCUT2D eigenvalue weighted by atomic mass is 10.1. The zero-order chi connectivity index (χ0) is 26.3. The molecule has 36 heavy (non-hydrogen) atoms. The molecule has 4 rings (SSSR count). The molecule has 6 nitrogen and oxygen atoms in total. The van der Waals surface area contributed by atoms with Crippen LogP contribution in [0.25, 0.3) is 0 Å². The fourth-order valence-electron chi connectivity index (χ4n) is 2.97. The first-order chi connectivity index (χ1) is 17.0. The highest BCUT2D eigenvalue weighted by molar-refractivity contribution is 6.06. The molecule has 186 valence electrons. The number of H-pyrrole nitrogens is 1. The van der Waals surface area contributed by atoms with E-state index in [9.17, 15) is 22.8 Å². The maximum absolute atomic E-state index is 13.1. The lowest BCUT2D eigenvalue weighted by Crippen LogP contribution is -2.16. The molecule has 3 N–H and O–H groups in total. The number of phenols is 1. The molecule has 0 saturated heterocycles. The number of ether oxygens (including phenoxy) is 1. The van der Waals surface area contributed by atoms with Gasteiger partial charge in [0.2, 0.25) is 5.56 Å². The molecule has 0 fully saturated rings. The number of hydrogen-bond acceptors (Lipinski definition) is 4. The summed E-state index contributed by atoms with van der Waals surface area (Å²) < 4.78 is 44.9. The summed E-state index contributed by atoms with van der Waals surface area (Å²) in [6.07, 6.45) is -3.31. The number of hydrogen-bond donors (Lipinski definition) is 3. The van der Waals surface area contributed by atoms with Crippen LogP contribution in [-0.2, 0) is 6.18 Å². The van der Waals surface area contributed by atoms with Gasteiger partial charge in [0.15, 0.2) is 0 Å². The van der Waals surface area contributed by atoms with Crippen molar-refractivity contribution in [2.75, 3.05) is 5.32 Å². The first-order valence-electron chi connectivity index (χ1n) is 10.7. The Bertz CT molecular complexity index is 1360. The van der Waals surface area contributed by atoms with Crippen LogP contribution in [0.1, 0.15) is 27.0 Å². The SMILES string of the molecule is Cc1ccc(O)cc1.Cc1ccc(Oc2ccc(C(F)(F)F)cc2C(=O)Nc2cc[nH]c(=O)c2)cc1. The van der Waals surface area contributed by atoms with Gasteiger partial charge in [0.1, 0.15) is 17.2 Å². The van der Waals surface area contributed by atoms with Crippen LogP contribution in [-0.4, -0.2) is 16.0 Å². The van der Waals surface area contributed by atoms with Crippen LogP contribution in [0, 0.1) is 13.8 Å². The third-order valence-corrected chi connectivity index (χ3v) is 4.87. The quantitative estimate of drug-likeness (QED) is 0.303. The average molecular weight is 496 g/mol. The number of pyridine rings is 1. The number of rotatable bonds is 4. The van der Waals surface area contributed by atoms with Gasteiger partial charge < -0.3 is 20.1 Å². The van der Waals surface area contributed by atoms with Crippen LogP contribution in [0.5, 0.6) is 17.2 Å². The summed E-state index contributed by atoms with van der Waals surface area (Å²) in [7, 11) is 0. The van der Waals surface area contributed by atoms with Crippen molar-refractivity contribution in [2.45, 2.75) is 20.0 Å². The van der Waals surface area contributed by atoms with E-state index in [0.717, 1.165) is 23.8 Å². The van der Waals surface area contributed by atoms with Crippen LogP contribution >= 0.6 is 0 Å². The monoisotopic (exact) mass is 496 g/mol. The number of carbonyl (C=O) groups excluding carboxylic acids is 1. The summed E-state index contributed by atoms with van der Waals surface area (Å²) in [6.45, 7) is 3.86. The van der Waals surface area contributed by atoms with Crippen molar-refractivity contribution in [1.29, 1.82) is 0 Å². The van der Waals surface area contributed by atoms with Gasteiger partial charge in [-0.3, -0.25) is 9.59 Å². The topological polar surface area (TPSA) is 91.4 Å². The third-order valence-electron chi connectivity index (χ3n) is 4.87. The number of aromatic amines is 1. The molecule has 3 aromatic carbocycles. The molecular weight excluding hydrogens is 473 g/mol. The van der Waals surface area contributed by atoms with Crippen molar-refractivity contribution in [3.8, 4) is 17.2 Å². The maximum atomic E-state index is 13.1. The van der Waals surface area contributed by atoms with Crippen LogP contribution in [0.2, 0.25) is 0 Å². The minimum absolute atomic E-state index is 0.0424. The highest BCUT2D eigenvalue weighted by atomic mass is 19.4. The fourth-order valence-corrected chi connectivity index (χ4v) is 2.97. The molecule has 0 bridgehead atoms. The van der Waals surface area contributed by atoms with Gasteiger partial charge in [-0.2, -0.15) is 13.2 Å². The Labute approximate surface area is 205 Å². The van der Waals surface area contributed by atoms with Gasteiger partial charge >= 0.3 is 6.18 Å². The molecule has 0 atom stereocenters. The first-order valence-corrected chi connectivity index (χ1v) is 10.7. The van der Waals surface area contributed by atoms with E-state index in [4.69, 9.17) is 9.84 Å². The number of aromatic nitrogens is 1. The summed E-state index contributed by atoms with van der Waals surface area (Å²) in [4.78, 5) is 26.3. The Hall–Kier alpha value is -4.53. The van der Waals surface area contributed by atoms with Crippen LogP contribution < -0.4 is 15.6 Å². The molecule has 1 amide bonds. The van der Waals surface area contributed by atoms with Gasteiger partial charge in [-0.15, -0.1) is 0 Å². The number of aromatic hydroxyl groups is 1. The van der Waals surface area contributed by atoms with E-state index >= 15 is 0 Å². The van der Waals surface area contributed by atoms with Gasteiger partial charge in [-0.05, 0) is 62.4 Å². The van der Waals surface area contributed by atoms with Crippen LogP contribution in [0.15, 0.2) is 89.9 Å². The molecule has 0 unspecified atom stereocenters. The van der Waals surface area contributed by atoms with E-state index in [1.165, 1.54) is 17.8 Å². The molecule has 0 saturated carbocycles. The van der Waals surface area contributed by atoms with E-state index in [2.05, 4.69) is 10.3 Å². The van der Waals surface area contributed by atoms with E-state index < -0.39 is 23.2 Å². The lowest BCUT2D eigenvalue weighted by molar-refractivity contribution is -0.137. The van der Waals surface area contributed by atoms with Gasteiger partial charge in [0, 0.05) is 18.0 Å². The molecule has 0 aliphatic rings. The molecule has 9 heteroatoms. The summed E-state index contributed by atoms with van der Waals surface area (Å²) in [5.74, 6) is -0.177. The molecule has 0 radical (unpaired) electrons. The van der Waals surface area contributed by atoms with Gasteiger partial charge in [-0.1, -0.05) is 35.4 Å². The minimum Gasteiger partial charge on any atom is -0.508 e. The second-order valence-corrected chi connectivity index (χ2v) is 7.86. The number of amides is 1. The fraction of sp³-hybridized carbons (Fsp3) is 0.111. The summed E-state index contributed by atoms with van der Waals surface area (Å²) in [6, 6.07) is 19.1. The predicted octanol–water partition coefficient (Wildman–Crippen LogP) is 6.45. The molecule has 0 aliphatic heterocycles. The highest BCUT2D eigenvalue weighted by Gasteiger charge is 2.32. The second-order valence-electron chi connectivity index (χ2n) is 7.86. The maximum Gasteiger partial charge on any atom is 0.416 e. The first kappa shape index (κ1) is 26.1. The number of anilines is 1. The highest BCUT2D eigenvalue weighted by Crippen LogP contribution is 2.34. The van der Waals surface area contributed by atoms with Gasteiger partial charge in [-0.25, -0.2) is 0 Å². The summed E-state index contributed by atoms with van der Waals surface area (Å²) in [5.41, 5.74) is 0.538. The van der Waals surface area contributed by atoms with Crippen molar-refractivity contribution in [2.24, 2.45) is 0 Å². The molecule has 1 aromatic heterocycles. The average Bonchev–Trinajstić information content (AvgIpc) is 2.82. The Morgan fingerprint density at radius 3 is 2.06 bits per heavy atom. The van der Waals surface area contributed by atoms with Crippen molar-refractivity contribution in [3.63, 3.8) is 0 Å². The molecule has 0 spiro atoms. The summed E-state index contributed by atoms with van der Waals surface area (Å²) in [5, 5.41) is 11.2. The van der Waals surface area contributed by atoms with Crippen molar-refractivity contribution in [1.82, 2.24) is 4.98 Å².